The maximum Gasteiger partial charge on any atom is 0.326 e. The Balaban J connectivity index is 0.00000116. The lowest BCUT2D eigenvalue weighted by Crippen LogP contribution is -2.36. The van der Waals surface area contributed by atoms with E-state index in [1.807, 2.05) is 56.0 Å². The molecule has 2 heterocycles. The summed E-state index contributed by atoms with van der Waals surface area (Å²) in [4.78, 5) is 56.5. The zero-order valence-electron chi connectivity index (χ0n) is 31.0. The number of hydrogen-bond acceptors (Lipinski definition) is 10. The van der Waals surface area contributed by atoms with Crippen molar-refractivity contribution in [2.75, 3.05) is 55.5 Å². The number of carboxylic acids is 1. The van der Waals surface area contributed by atoms with Gasteiger partial charge in [0.25, 0.3) is 5.91 Å². The monoisotopic (exact) mass is 719 g/mol. The molecule has 13 heteroatoms. The van der Waals surface area contributed by atoms with Gasteiger partial charge in [0.05, 0.1) is 23.9 Å². The highest BCUT2D eigenvalue weighted by atomic mass is 32.2. The van der Waals surface area contributed by atoms with Crippen molar-refractivity contribution >= 4 is 53.2 Å². The van der Waals surface area contributed by atoms with Crippen LogP contribution in [-0.2, 0) is 20.8 Å². The number of likely N-dealkylation sites (N-methyl/N-ethyl adjacent to an activating group) is 1. The lowest BCUT2D eigenvalue weighted by Gasteiger charge is -2.28. The summed E-state index contributed by atoms with van der Waals surface area (Å²) in [5.41, 5.74) is 1.98. The van der Waals surface area contributed by atoms with Gasteiger partial charge in [-0.15, -0.1) is 0 Å². The van der Waals surface area contributed by atoms with E-state index in [0.29, 0.717) is 46.7 Å². The second-order valence-corrected chi connectivity index (χ2v) is 12.6. The Morgan fingerprint density at radius 3 is 2.35 bits per heavy atom. The fourth-order valence-corrected chi connectivity index (χ4v) is 5.75. The van der Waals surface area contributed by atoms with Crippen LogP contribution in [0.2, 0.25) is 0 Å². The molecule has 2 aromatic rings. The van der Waals surface area contributed by atoms with Crippen LogP contribution in [0.4, 0.5) is 17.5 Å². The van der Waals surface area contributed by atoms with Gasteiger partial charge in [-0.25, -0.2) is 9.78 Å². The van der Waals surface area contributed by atoms with Crippen molar-refractivity contribution in [3.63, 3.8) is 0 Å². The molecular formula is C38H53N7O5S. The number of nitrogens with one attached hydrogen (secondary N) is 1. The summed E-state index contributed by atoms with van der Waals surface area (Å²) in [6, 6.07) is 6.22. The summed E-state index contributed by atoms with van der Waals surface area (Å²) < 4.78 is 5.24. The molecule has 0 aliphatic carbocycles. The van der Waals surface area contributed by atoms with Gasteiger partial charge in [0, 0.05) is 57.2 Å². The van der Waals surface area contributed by atoms with Crippen LogP contribution in [0.1, 0.15) is 59.4 Å². The van der Waals surface area contributed by atoms with Gasteiger partial charge in [-0.3, -0.25) is 14.6 Å². The Morgan fingerprint density at radius 1 is 1.10 bits per heavy atom. The Labute approximate surface area is 307 Å². The molecule has 276 valence electrons. The van der Waals surface area contributed by atoms with Crippen molar-refractivity contribution in [1.82, 2.24) is 14.9 Å². The average Bonchev–Trinajstić information content (AvgIpc) is 3.44. The quantitative estimate of drug-likeness (QED) is 0.119. The van der Waals surface area contributed by atoms with Gasteiger partial charge in [-0.1, -0.05) is 62.5 Å². The van der Waals surface area contributed by atoms with Crippen molar-refractivity contribution < 1.29 is 24.2 Å². The molecule has 0 saturated carbocycles. The highest BCUT2D eigenvalue weighted by Gasteiger charge is 2.27. The van der Waals surface area contributed by atoms with Crippen LogP contribution in [0, 0.1) is 0 Å². The molecule has 2 amide bonds. The zero-order chi connectivity index (χ0) is 37.8. The Hall–Kier alpha value is -4.91. The van der Waals surface area contributed by atoms with Crippen molar-refractivity contribution in [3.05, 3.63) is 82.9 Å². The number of hydrogen-bond donors (Lipinski definition) is 2. The molecule has 51 heavy (non-hydrogen) atoms. The van der Waals surface area contributed by atoms with E-state index in [0.717, 1.165) is 43.6 Å². The number of aliphatic imine (C=N–C) groups is 1. The van der Waals surface area contributed by atoms with Crippen molar-refractivity contribution in [3.8, 4) is 5.75 Å². The smallest absolute Gasteiger partial charge is 0.326 e. The molecule has 1 aromatic carbocycles. The second-order valence-electron chi connectivity index (χ2n) is 11.4. The molecule has 1 unspecified atom stereocenters. The van der Waals surface area contributed by atoms with E-state index in [1.165, 1.54) is 11.8 Å². The number of carbonyl (C=O) groups is 3. The number of thioether (sulfide) groups is 1. The second kappa shape index (κ2) is 22.7. The van der Waals surface area contributed by atoms with Gasteiger partial charge in [0.1, 0.15) is 17.5 Å². The van der Waals surface area contributed by atoms with Crippen molar-refractivity contribution in [2.24, 2.45) is 4.99 Å². The minimum Gasteiger partial charge on any atom is -0.497 e. The summed E-state index contributed by atoms with van der Waals surface area (Å²) in [6.07, 6.45) is 14.4. The number of ether oxygens (including phenoxy) is 1. The van der Waals surface area contributed by atoms with Gasteiger partial charge in [-0.2, -0.15) is 4.98 Å². The van der Waals surface area contributed by atoms with Gasteiger partial charge in [0.2, 0.25) is 12.4 Å². The summed E-state index contributed by atoms with van der Waals surface area (Å²) in [5.74, 6) is 0.0881. The third-order valence-corrected chi connectivity index (χ3v) is 8.75. The first-order valence-electron chi connectivity index (χ1n) is 17.2. The predicted molar refractivity (Wildman–Crippen MR) is 210 cm³/mol. The number of nitrogens with zero attached hydrogens (tertiary/aromatic N) is 6. The number of amides is 2. The summed E-state index contributed by atoms with van der Waals surface area (Å²) in [5, 5.41) is 13.3. The number of aliphatic carboxylic acids is 1. The fraction of sp³-hybridized carbons (Fsp3) is 0.421. The van der Waals surface area contributed by atoms with Gasteiger partial charge < -0.3 is 29.9 Å². The number of benzene rings is 1. The van der Waals surface area contributed by atoms with E-state index in [9.17, 15) is 19.5 Å². The van der Waals surface area contributed by atoms with E-state index in [-0.39, 0.29) is 18.1 Å². The molecule has 2 N–H and O–H groups in total. The molecule has 1 aliphatic heterocycles. The predicted octanol–water partition coefficient (Wildman–Crippen LogP) is 6.73. The van der Waals surface area contributed by atoms with Crippen LogP contribution in [-0.4, -0.2) is 90.4 Å². The van der Waals surface area contributed by atoms with E-state index in [1.54, 1.807) is 61.5 Å². The Kier molecular flexibility index (Phi) is 18.8. The lowest BCUT2D eigenvalue weighted by atomic mass is 10.1. The van der Waals surface area contributed by atoms with Gasteiger partial charge >= 0.3 is 5.97 Å². The van der Waals surface area contributed by atoms with Crippen LogP contribution in [0.5, 0.6) is 5.75 Å². The third kappa shape index (κ3) is 13.4. The number of anilines is 3. The first-order chi connectivity index (χ1) is 24.6. The summed E-state index contributed by atoms with van der Waals surface area (Å²) >= 11 is 1.26. The highest BCUT2D eigenvalue weighted by Crippen LogP contribution is 2.33. The van der Waals surface area contributed by atoms with Gasteiger partial charge in [-0.05, 0) is 57.4 Å². The number of rotatable bonds is 19. The fourth-order valence-electron chi connectivity index (χ4n) is 4.91. The SMILES string of the molecule is C=C(S/C(=C\C)C(=O)N(CC)c1cnc(N(CC)CCC)nc1NC(Cc1ccc(OC)cc1)C(=O)O)C1=NC=CC=CC1.CCCN(C)C=O. The number of carbonyl (C=O) groups excluding carboxylic acids is 2. The molecule has 0 spiro atoms. The van der Waals surface area contributed by atoms with Crippen LogP contribution in [0.15, 0.2) is 82.3 Å². The van der Waals surface area contributed by atoms with E-state index < -0.39 is 12.0 Å². The molecule has 0 fully saturated rings. The first-order valence-corrected chi connectivity index (χ1v) is 18.0. The van der Waals surface area contributed by atoms with Crippen LogP contribution >= 0.6 is 11.8 Å². The molecular weight excluding hydrogens is 667 g/mol. The Morgan fingerprint density at radius 2 is 1.80 bits per heavy atom. The topological polar surface area (TPSA) is 141 Å². The third-order valence-electron chi connectivity index (χ3n) is 7.63. The van der Waals surface area contributed by atoms with E-state index in [4.69, 9.17) is 9.72 Å². The number of methoxy groups -OCH3 is 1. The summed E-state index contributed by atoms with van der Waals surface area (Å²) in [6.45, 7) is 16.5. The first kappa shape index (κ1) is 42.3. The van der Waals surface area contributed by atoms with Crippen LogP contribution in [0.25, 0.3) is 0 Å². The van der Waals surface area contributed by atoms with Crippen LogP contribution < -0.4 is 19.9 Å². The summed E-state index contributed by atoms with van der Waals surface area (Å²) in [7, 11) is 3.36. The van der Waals surface area contributed by atoms with Crippen molar-refractivity contribution in [1.29, 1.82) is 0 Å². The van der Waals surface area contributed by atoms with Gasteiger partial charge in [0.15, 0.2) is 5.82 Å². The molecule has 3 rings (SSSR count). The Bertz CT molecular complexity index is 1570. The van der Waals surface area contributed by atoms with E-state index >= 15 is 0 Å². The molecule has 1 atom stereocenters. The lowest BCUT2D eigenvalue weighted by molar-refractivity contribution is -0.137. The van der Waals surface area contributed by atoms with E-state index in [2.05, 4.69) is 28.8 Å². The van der Waals surface area contributed by atoms with Crippen LogP contribution in [0.3, 0.4) is 0 Å². The largest absolute Gasteiger partial charge is 0.497 e. The average molecular weight is 720 g/mol. The normalized spacial score (nSPS) is 12.8. The minimum atomic E-state index is -1.05. The standard InChI is InChI=1S/C33H42N6O4S.C5H11NO/c1-7-20-38(9-3)33-35-22-28(30(37-33)36-27(32(41)42)21-24-15-17-25(43-6)18-16-24)39(10-4)31(40)29(8-2)44-23(5)26-14-12-11-13-19-34-26;1-3-4-6(2)5-7/h8,11-13,15-19,22,27H,5,7,9-10,14,20-21H2,1-4,6H3,(H,41,42)(H,35,36,37);5H,3-4H2,1-2H3/b29-8-;. The maximum atomic E-state index is 14.0. The minimum absolute atomic E-state index is 0.186. The molecule has 0 bridgehead atoms. The zero-order valence-corrected chi connectivity index (χ0v) is 31.8. The molecule has 1 aromatic heterocycles. The molecule has 0 radical (unpaired) electrons. The van der Waals surface area contributed by atoms with Crippen molar-refractivity contribution in [2.45, 2.75) is 66.3 Å². The number of aromatic nitrogens is 2. The highest BCUT2D eigenvalue weighted by molar-refractivity contribution is 8.08. The maximum absolute atomic E-state index is 14.0. The number of carboxylic acid groups (broad SMARTS) is 1. The molecule has 12 nitrogen and oxygen atoms in total. The molecule has 1 aliphatic rings. The number of allylic oxidation sites excluding steroid dienone is 5. The molecule has 0 saturated heterocycles.